The summed E-state index contributed by atoms with van der Waals surface area (Å²) in [4.78, 5) is 16.0. The molecule has 0 atom stereocenters. The Bertz CT molecular complexity index is 565. The zero-order chi connectivity index (χ0) is 17.0. The van der Waals surface area contributed by atoms with Gasteiger partial charge in [0, 0.05) is 17.8 Å². The second-order valence-corrected chi connectivity index (χ2v) is 7.33. The van der Waals surface area contributed by atoms with Gasteiger partial charge in [-0.2, -0.15) is 0 Å². The third kappa shape index (κ3) is 6.88. The van der Waals surface area contributed by atoms with Gasteiger partial charge in [0.2, 0.25) is 5.91 Å². The summed E-state index contributed by atoms with van der Waals surface area (Å²) in [5.74, 6) is 0.302. The molecule has 130 valence electrons. The van der Waals surface area contributed by atoms with Gasteiger partial charge >= 0.3 is 0 Å². The summed E-state index contributed by atoms with van der Waals surface area (Å²) in [5, 5.41) is 2.08. The van der Waals surface area contributed by atoms with Gasteiger partial charge in [-0.05, 0) is 29.9 Å². The van der Waals surface area contributed by atoms with Gasteiger partial charge in [0.15, 0.2) is 0 Å². The maximum Gasteiger partial charge on any atom is 0.222 e. The summed E-state index contributed by atoms with van der Waals surface area (Å²) >= 11 is 1.73. The second kappa shape index (κ2) is 11.0. The number of hydrogen-bond acceptors (Lipinski definition) is 2. The van der Waals surface area contributed by atoms with Crippen LogP contribution >= 0.6 is 11.3 Å². The molecule has 0 bridgehead atoms. The molecule has 0 aliphatic rings. The molecule has 0 spiro atoms. The Balaban J connectivity index is 1.85. The van der Waals surface area contributed by atoms with E-state index in [-0.39, 0.29) is 0 Å². The van der Waals surface area contributed by atoms with E-state index in [0.29, 0.717) is 12.3 Å². The minimum atomic E-state index is 0.302. The number of unbranched alkanes of at least 4 members (excludes halogenated alkanes) is 4. The van der Waals surface area contributed by atoms with Crippen LogP contribution in [0.3, 0.4) is 0 Å². The van der Waals surface area contributed by atoms with Crippen molar-refractivity contribution in [3.63, 3.8) is 0 Å². The molecule has 2 aromatic rings. The summed E-state index contributed by atoms with van der Waals surface area (Å²) in [7, 11) is 0. The van der Waals surface area contributed by atoms with E-state index < -0.39 is 0 Å². The molecule has 0 N–H and O–H groups in total. The molecule has 0 fully saturated rings. The molecule has 0 aliphatic heterocycles. The highest BCUT2D eigenvalue weighted by Crippen LogP contribution is 2.15. The summed E-state index contributed by atoms with van der Waals surface area (Å²) in [6.45, 7) is 3.77. The third-order valence-electron chi connectivity index (χ3n) is 4.29. The van der Waals surface area contributed by atoms with Crippen LogP contribution in [0.5, 0.6) is 0 Å². The number of hydrogen-bond donors (Lipinski definition) is 0. The van der Waals surface area contributed by atoms with Gasteiger partial charge in [0.25, 0.3) is 0 Å². The summed E-state index contributed by atoms with van der Waals surface area (Å²) in [5.41, 5.74) is 1.30. The van der Waals surface area contributed by atoms with Crippen LogP contribution in [0.15, 0.2) is 47.8 Å². The van der Waals surface area contributed by atoms with Crippen LogP contribution in [0.25, 0.3) is 0 Å². The van der Waals surface area contributed by atoms with Crippen LogP contribution in [-0.4, -0.2) is 17.4 Å². The molecule has 0 aliphatic carbocycles. The molecule has 1 heterocycles. The molecule has 0 unspecified atom stereocenters. The van der Waals surface area contributed by atoms with Gasteiger partial charge in [-0.3, -0.25) is 4.79 Å². The van der Waals surface area contributed by atoms with Crippen molar-refractivity contribution >= 4 is 17.2 Å². The van der Waals surface area contributed by atoms with Crippen molar-refractivity contribution in [1.82, 2.24) is 4.90 Å². The predicted molar refractivity (Wildman–Crippen MR) is 103 cm³/mol. The highest BCUT2D eigenvalue weighted by molar-refractivity contribution is 7.09. The highest BCUT2D eigenvalue weighted by Gasteiger charge is 2.14. The normalized spacial score (nSPS) is 10.7. The lowest BCUT2D eigenvalue weighted by Crippen LogP contribution is -2.32. The van der Waals surface area contributed by atoms with E-state index >= 15 is 0 Å². The number of rotatable bonds is 11. The van der Waals surface area contributed by atoms with Crippen LogP contribution in [0.4, 0.5) is 0 Å². The van der Waals surface area contributed by atoms with Crippen LogP contribution in [0.2, 0.25) is 0 Å². The highest BCUT2D eigenvalue weighted by atomic mass is 32.1. The van der Waals surface area contributed by atoms with Crippen molar-refractivity contribution in [2.24, 2.45) is 0 Å². The topological polar surface area (TPSA) is 20.3 Å². The summed E-state index contributed by atoms with van der Waals surface area (Å²) < 4.78 is 0. The number of benzene rings is 1. The van der Waals surface area contributed by atoms with E-state index in [0.717, 1.165) is 25.9 Å². The maximum absolute atomic E-state index is 12.7. The number of carbonyl (C=O) groups is 1. The fourth-order valence-electron chi connectivity index (χ4n) is 2.83. The van der Waals surface area contributed by atoms with Gasteiger partial charge in [0.1, 0.15) is 0 Å². The van der Waals surface area contributed by atoms with E-state index in [9.17, 15) is 4.79 Å². The van der Waals surface area contributed by atoms with E-state index in [1.165, 1.54) is 36.1 Å². The molecule has 2 nitrogen and oxygen atoms in total. The number of amides is 1. The maximum atomic E-state index is 12.7. The van der Waals surface area contributed by atoms with Crippen molar-refractivity contribution in [2.45, 2.75) is 58.4 Å². The number of nitrogens with zero attached hydrogens (tertiary/aromatic N) is 1. The predicted octanol–water partition coefficient (Wildman–Crippen LogP) is 5.68. The largest absolute Gasteiger partial charge is 0.337 e. The zero-order valence-corrected chi connectivity index (χ0v) is 15.6. The quantitative estimate of drug-likeness (QED) is 0.481. The molecule has 0 radical (unpaired) electrons. The molecular weight excluding hydrogens is 314 g/mol. The molecular formula is C21H29NOS. The standard InChI is InChI=1S/C21H29NOS/c1-2-3-4-5-9-14-21(23)22(18-20-13-10-17-24-20)16-15-19-11-7-6-8-12-19/h6-8,10-13,17H,2-5,9,14-16,18H2,1H3. The smallest absolute Gasteiger partial charge is 0.222 e. The molecule has 24 heavy (non-hydrogen) atoms. The van der Waals surface area contributed by atoms with Crippen LogP contribution in [0.1, 0.15) is 55.9 Å². The van der Waals surface area contributed by atoms with E-state index in [1.807, 2.05) is 11.0 Å². The lowest BCUT2D eigenvalue weighted by molar-refractivity contribution is -0.131. The van der Waals surface area contributed by atoms with Gasteiger partial charge in [0.05, 0.1) is 6.54 Å². The molecule has 3 heteroatoms. The first-order chi connectivity index (χ1) is 11.8. The average molecular weight is 344 g/mol. The molecule has 1 aromatic heterocycles. The van der Waals surface area contributed by atoms with Crippen molar-refractivity contribution in [3.05, 3.63) is 58.3 Å². The van der Waals surface area contributed by atoms with Gasteiger partial charge in [-0.15, -0.1) is 11.3 Å². The molecule has 1 aromatic carbocycles. The SMILES string of the molecule is CCCCCCCC(=O)N(CCc1ccccc1)Cc1cccs1. The Morgan fingerprint density at radius 2 is 1.79 bits per heavy atom. The zero-order valence-electron chi connectivity index (χ0n) is 14.7. The first-order valence-corrected chi connectivity index (χ1v) is 10.0. The molecule has 0 saturated carbocycles. The second-order valence-electron chi connectivity index (χ2n) is 6.29. The van der Waals surface area contributed by atoms with Crippen molar-refractivity contribution in [2.75, 3.05) is 6.54 Å². The average Bonchev–Trinajstić information content (AvgIpc) is 3.12. The van der Waals surface area contributed by atoms with E-state index in [4.69, 9.17) is 0 Å². The Hall–Kier alpha value is -1.61. The Kier molecular flexibility index (Phi) is 8.61. The fourth-order valence-corrected chi connectivity index (χ4v) is 3.55. The number of carbonyl (C=O) groups excluding carboxylic acids is 1. The lowest BCUT2D eigenvalue weighted by Gasteiger charge is -2.22. The van der Waals surface area contributed by atoms with Crippen LogP contribution in [0, 0.1) is 0 Å². The fraction of sp³-hybridized carbons (Fsp3) is 0.476. The van der Waals surface area contributed by atoms with Crippen LogP contribution in [-0.2, 0) is 17.8 Å². The lowest BCUT2D eigenvalue weighted by atomic mass is 10.1. The Labute approximate surface area is 150 Å². The van der Waals surface area contributed by atoms with Gasteiger partial charge in [-0.25, -0.2) is 0 Å². The molecule has 0 saturated heterocycles. The Morgan fingerprint density at radius 1 is 1.00 bits per heavy atom. The monoisotopic (exact) mass is 343 g/mol. The summed E-state index contributed by atoms with van der Waals surface area (Å²) in [6.07, 6.45) is 7.57. The minimum Gasteiger partial charge on any atom is -0.337 e. The van der Waals surface area contributed by atoms with Crippen LogP contribution < -0.4 is 0 Å². The van der Waals surface area contributed by atoms with E-state index in [2.05, 4.69) is 48.7 Å². The van der Waals surface area contributed by atoms with Gasteiger partial charge < -0.3 is 4.90 Å². The first kappa shape index (κ1) is 18.7. The van der Waals surface area contributed by atoms with Gasteiger partial charge in [-0.1, -0.05) is 69.0 Å². The summed E-state index contributed by atoms with van der Waals surface area (Å²) in [6, 6.07) is 14.6. The van der Waals surface area contributed by atoms with Crippen molar-refractivity contribution in [1.29, 1.82) is 0 Å². The Morgan fingerprint density at radius 3 is 2.50 bits per heavy atom. The third-order valence-corrected chi connectivity index (χ3v) is 5.15. The van der Waals surface area contributed by atoms with E-state index in [1.54, 1.807) is 11.3 Å². The van der Waals surface area contributed by atoms with Crippen molar-refractivity contribution < 1.29 is 4.79 Å². The molecule has 2 rings (SSSR count). The van der Waals surface area contributed by atoms with Crippen molar-refractivity contribution in [3.8, 4) is 0 Å². The minimum absolute atomic E-state index is 0.302. The number of thiophene rings is 1. The molecule has 1 amide bonds. The first-order valence-electron chi connectivity index (χ1n) is 9.13.